The predicted molar refractivity (Wildman–Crippen MR) is 93.5 cm³/mol. The summed E-state index contributed by atoms with van der Waals surface area (Å²) in [5, 5.41) is 12.7. The van der Waals surface area contributed by atoms with Crippen molar-refractivity contribution in [3.8, 4) is 11.3 Å². The molecule has 0 spiro atoms. The van der Waals surface area contributed by atoms with E-state index in [4.69, 9.17) is 10.1 Å². The average Bonchev–Trinajstić information content (AvgIpc) is 3.24. The molecular weight excluding hydrogens is 302 g/mol. The summed E-state index contributed by atoms with van der Waals surface area (Å²) in [4.78, 5) is 15.8. The highest BCUT2D eigenvalue weighted by Gasteiger charge is 2.20. The Morgan fingerprint density at radius 1 is 1.12 bits per heavy atom. The summed E-state index contributed by atoms with van der Waals surface area (Å²) >= 11 is 0. The van der Waals surface area contributed by atoms with Crippen LogP contribution in [0.15, 0.2) is 48.7 Å². The van der Waals surface area contributed by atoms with Crippen LogP contribution in [0.2, 0.25) is 0 Å². The minimum atomic E-state index is -0.916. The molecule has 1 saturated carbocycles. The smallest absolute Gasteiger partial charge is 0.335 e. The Bertz CT molecular complexity index is 877. The maximum Gasteiger partial charge on any atom is 0.335 e. The van der Waals surface area contributed by atoms with E-state index in [1.807, 2.05) is 36.5 Å². The molecule has 3 aromatic rings. The van der Waals surface area contributed by atoms with Crippen molar-refractivity contribution in [3.05, 3.63) is 54.2 Å². The number of pyridine rings is 1. The number of carboxylic acid groups (broad SMARTS) is 1. The number of benzene rings is 1. The molecule has 5 nitrogen and oxygen atoms in total. The number of nitrogens with one attached hydrogen (secondary N) is 1. The zero-order valence-electron chi connectivity index (χ0n) is 13.3. The first-order valence-corrected chi connectivity index (χ1v) is 8.30. The van der Waals surface area contributed by atoms with Gasteiger partial charge in [-0.25, -0.2) is 9.78 Å². The molecule has 5 heteroatoms. The quantitative estimate of drug-likeness (QED) is 0.760. The van der Waals surface area contributed by atoms with Crippen molar-refractivity contribution in [2.24, 2.45) is 0 Å². The second-order valence-corrected chi connectivity index (χ2v) is 6.25. The number of fused-ring (bicyclic) bond motifs is 1. The Balaban J connectivity index is 1.79. The van der Waals surface area contributed by atoms with Crippen LogP contribution in [0.3, 0.4) is 0 Å². The summed E-state index contributed by atoms with van der Waals surface area (Å²) in [5.74, 6) is 0.0708. The molecule has 0 radical (unpaired) electrons. The summed E-state index contributed by atoms with van der Waals surface area (Å²) in [5.41, 5.74) is 2.96. The van der Waals surface area contributed by atoms with E-state index in [1.165, 1.54) is 25.7 Å². The van der Waals surface area contributed by atoms with Gasteiger partial charge in [-0.15, -0.1) is 0 Å². The largest absolute Gasteiger partial charge is 0.478 e. The lowest BCUT2D eigenvalue weighted by Crippen LogP contribution is -2.16. The predicted octanol–water partition coefficient (Wildman–Crippen LogP) is 4.05. The van der Waals surface area contributed by atoms with Gasteiger partial charge in [-0.3, -0.25) is 4.40 Å². The highest BCUT2D eigenvalue weighted by Crippen LogP contribution is 2.31. The molecule has 1 aliphatic rings. The molecule has 2 heterocycles. The molecule has 122 valence electrons. The fraction of sp³-hybridized carbons (Fsp3) is 0.263. The van der Waals surface area contributed by atoms with Crippen LogP contribution in [0.1, 0.15) is 36.0 Å². The third-order valence-electron chi connectivity index (χ3n) is 4.63. The van der Waals surface area contributed by atoms with Gasteiger partial charge in [0.15, 0.2) is 0 Å². The van der Waals surface area contributed by atoms with Crippen LogP contribution in [0.5, 0.6) is 0 Å². The van der Waals surface area contributed by atoms with Crippen molar-refractivity contribution in [2.45, 2.75) is 31.7 Å². The molecule has 0 saturated heterocycles. The first-order valence-electron chi connectivity index (χ1n) is 8.30. The van der Waals surface area contributed by atoms with Crippen LogP contribution >= 0.6 is 0 Å². The van der Waals surface area contributed by atoms with Gasteiger partial charge in [-0.2, -0.15) is 0 Å². The van der Waals surface area contributed by atoms with E-state index < -0.39 is 5.97 Å². The van der Waals surface area contributed by atoms with Gasteiger partial charge in [-0.05, 0) is 37.1 Å². The van der Waals surface area contributed by atoms with Crippen molar-refractivity contribution < 1.29 is 9.90 Å². The Morgan fingerprint density at radius 2 is 1.88 bits per heavy atom. The lowest BCUT2D eigenvalue weighted by Gasteiger charge is -2.14. The molecule has 4 rings (SSSR count). The molecule has 2 aromatic heterocycles. The Labute approximate surface area is 140 Å². The van der Waals surface area contributed by atoms with Crippen LogP contribution in [0.25, 0.3) is 16.9 Å². The molecule has 0 amide bonds. The van der Waals surface area contributed by atoms with Crippen molar-refractivity contribution in [2.75, 3.05) is 5.32 Å². The zero-order valence-corrected chi connectivity index (χ0v) is 13.3. The molecule has 1 aromatic carbocycles. The van der Waals surface area contributed by atoms with Crippen molar-refractivity contribution in [1.82, 2.24) is 9.38 Å². The van der Waals surface area contributed by atoms with Crippen molar-refractivity contribution >= 4 is 17.4 Å². The second-order valence-electron chi connectivity index (χ2n) is 6.25. The molecule has 0 bridgehead atoms. The van der Waals surface area contributed by atoms with Crippen LogP contribution in [0, 0.1) is 0 Å². The number of imidazole rings is 1. The SMILES string of the molecule is O=C(O)c1ccc(-c2nc3ccccn3c2NC2CCCC2)cc1. The van der Waals surface area contributed by atoms with Crippen LogP contribution in [0.4, 0.5) is 5.82 Å². The third kappa shape index (κ3) is 2.62. The van der Waals surface area contributed by atoms with E-state index in [0.717, 1.165) is 22.7 Å². The average molecular weight is 321 g/mol. The lowest BCUT2D eigenvalue weighted by atomic mass is 10.1. The van der Waals surface area contributed by atoms with Crippen LogP contribution in [-0.2, 0) is 0 Å². The van der Waals surface area contributed by atoms with Crippen LogP contribution in [-0.4, -0.2) is 26.5 Å². The molecule has 0 aliphatic heterocycles. The normalized spacial score (nSPS) is 15.0. The number of nitrogens with zero attached hydrogens (tertiary/aromatic N) is 2. The number of rotatable bonds is 4. The molecule has 0 unspecified atom stereocenters. The Hall–Kier alpha value is -2.82. The summed E-state index contributed by atoms with van der Waals surface area (Å²) in [6.45, 7) is 0. The number of anilines is 1. The van der Waals surface area contributed by atoms with Gasteiger partial charge >= 0.3 is 5.97 Å². The van der Waals surface area contributed by atoms with Gasteiger partial charge in [0.2, 0.25) is 0 Å². The Morgan fingerprint density at radius 3 is 2.58 bits per heavy atom. The van der Waals surface area contributed by atoms with Gasteiger partial charge < -0.3 is 10.4 Å². The number of carbonyl (C=O) groups is 1. The fourth-order valence-electron chi connectivity index (χ4n) is 3.37. The Kier molecular flexibility index (Phi) is 3.69. The molecule has 24 heavy (non-hydrogen) atoms. The van der Waals surface area contributed by atoms with E-state index in [-0.39, 0.29) is 5.56 Å². The number of aromatic carboxylic acids is 1. The summed E-state index contributed by atoms with van der Waals surface area (Å²) in [6.07, 6.45) is 6.89. The minimum absolute atomic E-state index is 0.285. The van der Waals surface area contributed by atoms with E-state index in [1.54, 1.807) is 12.1 Å². The molecule has 0 atom stereocenters. The van der Waals surface area contributed by atoms with Gasteiger partial charge in [0.1, 0.15) is 17.2 Å². The van der Waals surface area contributed by atoms with Crippen molar-refractivity contribution in [3.63, 3.8) is 0 Å². The molecule has 1 aliphatic carbocycles. The van der Waals surface area contributed by atoms with Gasteiger partial charge in [0, 0.05) is 17.8 Å². The topological polar surface area (TPSA) is 66.6 Å². The standard InChI is InChI=1S/C19H19N3O2/c23-19(24)14-10-8-13(9-11-14)17-18(20-15-5-1-2-6-15)22-12-4-3-7-16(22)21-17/h3-4,7-12,15,20H,1-2,5-6H2,(H,23,24). The minimum Gasteiger partial charge on any atom is -0.478 e. The maximum absolute atomic E-state index is 11.1. The van der Waals surface area contributed by atoms with E-state index in [0.29, 0.717) is 6.04 Å². The highest BCUT2D eigenvalue weighted by molar-refractivity contribution is 5.88. The molecular formula is C19H19N3O2. The van der Waals surface area contributed by atoms with E-state index in [2.05, 4.69) is 9.72 Å². The number of hydrogen-bond acceptors (Lipinski definition) is 3. The highest BCUT2D eigenvalue weighted by atomic mass is 16.4. The first-order chi connectivity index (χ1) is 11.7. The molecule has 1 fully saturated rings. The van der Waals surface area contributed by atoms with Gasteiger partial charge in [0.25, 0.3) is 0 Å². The summed E-state index contributed by atoms with van der Waals surface area (Å²) < 4.78 is 2.07. The van der Waals surface area contributed by atoms with E-state index >= 15 is 0 Å². The number of aromatic nitrogens is 2. The second kappa shape index (κ2) is 6.00. The number of carboxylic acids is 1. The van der Waals surface area contributed by atoms with Gasteiger partial charge in [0.05, 0.1) is 5.56 Å². The maximum atomic E-state index is 11.1. The summed E-state index contributed by atoms with van der Waals surface area (Å²) in [7, 11) is 0. The fourth-order valence-corrected chi connectivity index (χ4v) is 3.37. The number of hydrogen-bond donors (Lipinski definition) is 2. The molecule has 2 N–H and O–H groups in total. The monoisotopic (exact) mass is 321 g/mol. The summed E-state index contributed by atoms with van der Waals surface area (Å²) in [6, 6.07) is 13.3. The third-order valence-corrected chi connectivity index (χ3v) is 4.63. The van der Waals surface area contributed by atoms with Crippen molar-refractivity contribution in [1.29, 1.82) is 0 Å². The lowest BCUT2D eigenvalue weighted by molar-refractivity contribution is 0.0697. The first kappa shape index (κ1) is 14.8. The van der Waals surface area contributed by atoms with Gasteiger partial charge in [-0.1, -0.05) is 31.0 Å². The van der Waals surface area contributed by atoms with E-state index in [9.17, 15) is 4.79 Å². The van der Waals surface area contributed by atoms with Crippen LogP contribution < -0.4 is 5.32 Å². The zero-order chi connectivity index (χ0) is 16.5.